The van der Waals surface area contributed by atoms with Crippen LogP contribution in [0, 0.1) is 5.82 Å². The molecule has 0 aromatic heterocycles. The molecule has 0 bridgehead atoms. The molecule has 0 saturated carbocycles. The van der Waals surface area contributed by atoms with Crippen LogP contribution in [0.25, 0.3) is 0 Å². The Bertz CT molecular complexity index is 623. The summed E-state index contributed by atoms with van der Waals surface area (Å²) in [6.45, 7) is 5.66. The van der Waals surface area contributed by atoms with E-state index in [1.807, 2.05) is 0 Å². The van der Waals surface area contributed by atoms with Crippen LogP contribution in [0.3, 0.4) is 0 Å². The van der Waals surface area contributed by atoms with Gasteiger partial charge in [0.15, 0.2) is 0 Å². The predicted octanol–water partition coefficient (Wildman–Crippen LogP) is -2.31. The number of ether oxygens (including phenoxy) is 1. The Labute approximate surface area is 146 Å². The van der Waals surface area contributed by atoms with Crippen molar-refractivity contribution in [2.75, 3.05) is 44.3 Å². The number of morpholine rings is 1. The fourth-order valence-corrected chi connectivity index (χ4v) is 3.05. The number of carbonyl (C=O) groups excluding carboxylic acids is 2. The van der Waals surface area contributed by atoms with Crippen molar-refractivity contribution in [3.63, 3.8) is 0 Å². The van der Waals surface area contributed by atoms with Crippen molar-refractivity contribution in [1.29, 1.82) is 0 Å². The number of halogens is 2. The Morgan fingerprint density at radius 2 is 2.04 bits per heavy atom. The molecule has 0 radical (unpaired) electrons. The summed E-state index contributed by atoms with van der Waals surface area (Å²) in [6.07, 6.45) is 0. The Hall–Kier alpha value is -1.70. The van der Waals surface area contributed by atoms with E-state index in [0.29, 0.717) is 31.0 Å². The van der Waals surface area contributed by atoms with E-state index in [1.165, 1.54) is 19.1 Å². The van der Waals surface area contributed by atoms with Crippen LogP contribution in [0.2, 0.25) is 0 Å². The van der Waals surface area contributed by atoms with Gasteiger partial charge in [-0.25, -0.2) is 4.39 Å². The highest BCUT2D eigenvalue weighted by Crippen LogP contribution is 2.36. The van der Waals surface area contributed by atoms with E-state index >= 15 is 0 Å². The SMILES string of the molecule is CC(=O)NC1C(=O)N(CCN2CCOCC2)c2ccc(F)cc21.[Cl-]. The zero-order valence-corrected chi connectivity index (χ0v) is 14.2. The van der Waals surface area contributed by atoms with E-state index < -0.39 is 11.9 Å². The number of nitrogens with one attached hydrogen (secondary N) is 1. The van der Waals surface area contributed by atoms with Gasteiger partial charge in [-0.15, -0.1) is 0 Å². The lowest BCUT2D eigenvalue weighted by atomic mass is 10.1. The van der Waals surface area contributed by atoms with Crippen molar-refractivity contribution in [2.24, 2.45) is 0 Å². The zero-order chi connectivity index (χ0) is 16.4. The molecule has 132 valence electrons. The van der Waals surface area contributed by atoms with E-state index in [-0.39, 0.29) is 24.2 Å². The molecule has 1 fully saturated rings. The normalized spacial score (nSPS) is 20.5. The van der Waals surface area contributed by atoms with Gasteiger partial charge in [0.25, 0.3) is 5.91 Å². The number of hydrogen-bond acceptors (Lipinski definition) is 4. The lowest BCUT2D eigenvalue weighted by molar-refractivity contribution is -0.126. The maximum Gasteiger partial charge on any atom is 0.254 e. The summed E-state index contributed by atoms with van der Waals surface area (Å²) in [7, 11) is 0. The van der Waals surface area contributed by atoms with E-state index in [9.17, 15) is 14.0 Å². The second-order valence-electron chi connectivity index (χ2n) is 5.78. The number of nitrogens with zero attached hydrogens (tertiary/aromatic N) is 2. The van der Waals surface area contributed by atoms with Gasteiger partial charge in [-0.2, -0.15) is 0 Å². The van der Waals surface area contributed by atoms with Crippen LogP contribution in [0.5, 0.6) is 0 Å². The van der Waals surface area contributed by atoms with Gasteiger partial charge in [0.1, 0.15) is 11.9 Å². The van der Waals surface area contributed by atoms with Crippen molar-refractivity contribution < 1.29 is 31.1 Å². The molecule has 1 unspecified atom stereocenters. The summed E-state index contributed by atoms with van der Waals surface area (Å²) >= 11 is 0. The Kier molecular flexibility index (Phi) is 6.15. The number of hydrogen-bond donors (Lipinski definition) is 1. The summed E-state index contributed by atoms with van der Waals surface area (Å²) in [6, 6.07) is 3.46. The molecule has 8 heteroatoms. The van der Waals surface area contributed by atoms with Gasteiger partial charge in [0.05, 0.1) is 13.2 Å². The van der Waals surface area contributed by atoms with Crippen molar-refractivity contribution >= 4 is 17.5 Å². The molecule has 6 nitrogen and oxygen atoms in total. The summed E-state index contributed by atoms with van der Waals surface area (Å²) in [5.41, 5.74) is 1.19. The maximum atomic E-state index is 13.5. The molecule has 1 N–H and O–H groups in total. The highest BCUT2D eigenvalue weighted by molar-refractivity contribution is 6.06. The molecule has 1 aromatic carbocycles. The fraction of sp³-hybridized carbons (Fsp3) is 0.500. The summed E-state index contributed by atoms with van der Waals surface area (Å²) in [5.74, 6) is -0.940. The number of amides is 2. The topological polar surface area (TPSA) is 61.9 Å². The van der Waals surface area contributed by atoms with Crippen molar-refractivity contribution in [3.05, 3.63) is 29.6 Å². The number of rotatable bonds is 4. The standard InChI is InChI=1S/C16H20FN3O3.ClH/c1-11(21)18-15-13-10-12(17)2-3-14(13)20(16(15)22)5-4-19-6-8-23-9-7-19;/h2-3,10,15H,4-9H2,1H3,(H,18,21);1H/p-1. The highest BCUT2D eigenvalue weighted by atomic mass is 35.5. The molecular formula is C16H20ClFN3O3-. The Balaban J connectivity index is 0.00000208. The van der Waals surface area contributed by atoms with Crippen LogP contribution in [-0.4, -0.2) is 56.1 Å². The molecule has 3 rings (SSSR count). The fourth-order valence-electron chi connectivity index (χ4n) is 3.05. The third kappa shape index (κ3) is 3.85. The van der Waals surface area contributed by atoms with Crippen LogP contribution >= 0.6 is 0 Å². The first-order valence-electron chi connectivity index (χ1n) is 7.74. The van der Waals surface area contributed by atoms with Gasteiger partial charge >= 0.3 is 0 Å². The molecule has 1 saturated heterocycles. The number of anilines is 1. The lowest BCUT2D eigenvalue weighted by Crippen LogP contribution is -3.00. The lowest BCUT2D eigenvalue weighted by Gasteiger charge is -2.28. The molecule has 2 aliphatic heterocycles. The van der Waals surface area contributed by atoms with Gasteiger partial charge in [-0.1, -0.05) is 0 Å². The molecule has 2 heterocycles. The molecule has 2 amide bonds. The average Bonchev–Trinajstić information content (AvgIpc) is 2.78. The van der Waals surface area contributed by atoms with Crippen LogP contribution in [-0.2, 0) is 14.3 Å². The predicted molar refractivity (Wildman–Crippen MR) is 82.6 cm³/mol. The number of fused-ring (bicyclic) bond motifs is 1. The van der Waals surface area contributed by atoms with E-state index in [2.05, 4.69) is 10.2 Å². The minimum absolute atomic E-state index is 0. The maximum absolute atomic E-state index is 13.5. The molecule has 0 spiro atoms. The molecule has 1 atom stereocenters. The van der Waals surface area contributed by atoms with E-state index in [0.717, 1.165) is 19.6 Å². The minimum atomic E-state index is -0.803. The molecular weight excluding hydrogens is 337 g/mol. The molecule has 1 aromatic rings. The quantitative estimate of drug-likeness (QED) is 0.658. The highest BCUT2D eigenvalue weighted by Gasteiger charge is 2.38. The first-order valence-corrected chi connectivity index (χ1v) is 7.74. The summed E-state index contributed by atoms with van der Waals surface area (Å²) in [4.78, 5) is 27.8. The second kappa shape index (κ2) is 7.92. The van der Waals surface area contributed by atoms with Gasteiger partial charge in [-0.3, -0.25) is 14.5 Å². The van der Waals surface area contributed by atoms with Crippen LogP contribution < -0.4 is 22.6 Å². The van der Waals surface area contributed by atoms with Crippen molar-refractivity contribution in [2.45, 2.75) is 13.0 Å². The van der Waals surface area contributed by atoms with Gasteiger partial charge < -0.3 is 27.4 Å². The van der Waals surface area contributed by atoms with Crippen LogP contribution in [0.15, 0.2) is 18.2 Å². The Morgan fingerprint density at radius 1 is 1.33 bits per heavy atom. The molecule has 0 aliphatic carbocycles. The minimum Gasteiger partial charge on any atom is -1.00 e. The largest absolute Gasteiger partial charge is 1.00 e. The summed E-state index contributed by atoms with van der Waals surface area (Å²) in [5, 5.41) is 2.61. The van der Waals surface area contributed by atoms with Crippen LogP contribution in [0.1, 0.15) is 18.5 Å². The van der Waals surface area contributed by atoms with Crippen molar-refractivity contribution in [1.82, 2.24) is 10.2 Å². The van der Waals surface area contributed by atoms with Gasteiger partial charge in [-0.05, 0) is 18.2 Å². The smallest absolute Gasteiger partial charge is 0.254 e. The third-order valence-corrected chi connectivity index (χ3v) is 4.20. The van der Waals surface area contributed by atoms with Crippen LogP contribution in [0.4, 0.5) is 10.1 Å². The molecule has 24 heavy (non-hydrogen) atoms. The Morgan fingerprint density at radius 3 is 2.71 bits per heavy atom. The first-order chi connectivity index (χ1) is 11.1. The van der Waals surface area contributed by atoms with Gasteiger partial charge in [0.2, 0.25) is 5.91 Å². The molecule has 2 aliphatic rings. The number of carbonyl (C=O) groups is 2. The van der Waals surface area contributed by atoms with E-state index in [4.69, 9.17) is 4.74 Å². The number of benzene rings is 1. The second-order valence-corrected chi connectivity index (χ2v) is 5.78. The van der Waals surface area contributed by atoms with Crippen molar-refractivity contribution in [3.8, 4) is 0 Å². The summed E-state index contributed by atoms with van der Waals surface area (Å²) < 4.78 is 18.9. The monoisotopic (exact) mass is 356 g/mol. The average molecular weight is 357 g/mol. The zero-order valence-electron chi connectivity index (χ0n) is 13.4. The third-order valence-electron chi connectivity index (χ3n) is 4.20. The first kappa shape index (κ1) is 18.6. The van der Waals surface area contributed by atoms with E-state index in [1.54, 1.807) is 11.0 Å². The van der Waals surface area contributed by atoms with Gasteiger partial charge in [0, 0.05) is 44.4 Å².